The molecule has 12 nitrogen and oxygen atoms in total. The molecule has 0 radical (unpaired) electrons. The average molecular weight is 1020 g/mol. The van der Waals surface area contributed by atoms with Crippen molar-refractivity contribution >= 4 is 23.8 Å². The third kappa shape index (κ3) is 14.2. The Morgan fingerprint density at radius 3 is 1.14 bits per heavy atom. The van der Waals surface area contributed by atoms with Crippen molar-refractivity contribution in [3.8, 4) is 0 Å². The summed E-state index contributed by atoms with van der Waals surface area (Å²) in [4.78, 5) is 62.3. The second-order valence-electron chi connectivity index (χ2n) is 20.3. The maximum Gasteiger partial charge on any atom is 1.00 e. The fraction of sp³-hybridized carbons (Fsp3) is 0.365. The van der Waals surface area contributed by atoms with Crippen molar-refractivity contribution in [2.45, 2.75) is 112 Å². The largest absolute Gasteiger partial charge is 1.00 e. The molecule has 394 valence electrons. The molecule has 4 aliphatic rings. The van der Waals surface area contributed by atoms with Gasteiger partial charge < -0.3 is 30.6 Å². The Bertz CT molecular complexity index is 2630. The van der Waals surface area contributed by atoms with Gasteiger partial charge in [0.1, 0.15) is 12.1 Å². The predicted octanol–water partition coefficient (Wildman–Crippen LogP) is 6.03. The fourth-order valence-corrected chi connectivity index (χ4v) is 12.3. The number of carbonyl (C=O) groups is 4. The Morgan fingerprint density at radius 1 is 0.500 bits per heavy atom. The molecule has 6 atom stereocenters. The molecule has 0 spiro atoms. The van der Waals surface area contributed by atoms with Gasteiger partial charge in [0.2, 0.25) is 11.8 Å². The van der Waals surface area contributed by atoms with Crippen LogP contribution in [-0.4, -0.2) is 129 Å². The molecule has 10 rings (SSSR count). The topological polar surface area (TPSA) is 172 Å². The van der Waals surface area contributed by atoms with Crippen molar-refractivity contribution < 1.29 is 58.8 Å². The van der Waals surface area contributed by atoms with Crippen molar-refractivity contribution in [3.05, 3.63) is 215 Å². The molecule has 13 heteroatoms. The Kier molecular flexibility index (Phi) is 22.2. The Labute approximate surface area is 460 Å². The maximum atomic E-state index is 14.3. The molecule has 0 saturated carbocycles. The summed E-state index contributed by atoms with van der Waals surface area (Å²) in [5.41, 5.74) is 6.30. The van der Waals surface area contributed by atoms with Crippen LogP contribution in [0.4, 0.5) is 0 Å². The molecule has 6 aromatic carbocycles. The van der Waals surface area contributed by atoms with Gasteiger partial charge in [-0.05, 0) is 97.8 Å². The van der Waals surface area contributed by atoms with Crippen LogP contribution in [0.1, 0.15) is 96.6 Å². The molecular weight excluding hydrogens is 948 g/mol. The summed E-state index contributed by atoms with van der Waals surface area (Å²) in [6.45, 7) is 2.95. The molecule has 4 aliphatic heterocycles. The molecular formula is C63H73LiN4O8. The van der Waals surface area contributed by atoms with Crippen molar-refractivity contribution in [2.75, 3.05) is 33.3 Å². The number of benzene rings is 6. The zero-order chi connectivity index (χ0) is 50.5. The Balaban J connectivity index is 0.000000237. The maximum absolute atomic E-state index is 14.3. The summed E-state index contributed by atoms with van der Waals surface area (Å²) in [7, 11) is 1.42. The number of rotatable bonds is 14. The number of hydrogen-bond donors (Lipinski definition) is 1. The van der Waals surface area contributed by atoms with E-state index in [-0.39, 0.29) is 59.7 Å². The molecule has 4 N–H and O–H groups in total. The zero-order valence-corrected chi connectivity index (χ0v) is 44.1. The SMILES string of the molecule is COC(=O)[C@@H]1C[C@H](N2CCCCC2Cc2ccccc2)CN1C(=O)C(c1ccccc1)c1ccccc1.O.O=C(O)[C@@H]1C[C@H](N2CCCCC2Cc2ccccc2)CN1C(=O)C(c1ccccc1)c1ccccc1.[Li+].[OH-]. The first kappa shape index (κ1) is 58.9. The molecule has 0 aromatic heterocycles. The molecule has 4 saturated heterocycles. The average Bonchev–Trinajstić information content (AvgIpc) is 4.11. The van der Waals surface area contributed by atoms with Gasteiger partial charge in [-0.25, -0.2) is 9.59 Å². The van der Waals surface area contributed by atoms with Gasteiger partial charge >= 0.3 is 30.8 Å². The number of carbonyl (C=O) groups excluding carboxylic acids is 3. The minimum atomic E-state index is -0.914. The first-order valence-electron chi connectivity index (χ1n) is 26.5. The van der Waals surface area contributed by atoms with E-state index < -0.39 is 29.9 Å². The van der Waals surface area contributed by atoms with Crippen molar-refractivity contribution in [1.82, 2.24) is 19.6 Å². The molecule has 0 aliphatic carbocycles. The van der Waals surface area contributed by atoms with E-state index >= 15 is 0 Å². The molecule has 4 fully saturated rings. The third-order valence-electron chi connectivity index (χ3n) is 15.8. The van der Waals surface area contributed by atoms with Crippen LogP contribution in [0.2, 0.25) is 0 Å². The number of methoxy groups -OCH3 is 1. The fourth-order valence-electron chi connectivity index (χ4n) is 12.3. The summed E-state index contributed by atoms with van der Waals surface area (Å²) in [5, 5.41) is 10.2. The van der Waals surface area contributed by atoms with E-state index in [4.69, 9.17) is 4.74 Å². The predicted molar refractivity (Wildman–Crippen MR) is 291 cm³/mol. The van der Waals surface area contributed by atoms with E-state index in [2.05, 4.69) is 64.4 Å². The van der Waals surface area contributed by atoms with E-state index in [1.165, 1.54) is 31.1 Å². The number of carboxylic acid groups (broad SMARTS) is 1. The number of amides is 2. The van der Waals surface area contributed by atoms with Gasteiger partial charge in [0, 0.05) is 37.3 Å². The summed E-state index contributed by atoms with van der Waals surface area (Å²) in [5.74, 6) is -2.38. The number of nitrogens with zero attached hydrogens (tertiary/aromatic N) is 4. The summed E-state index contributed by atoms with van der Waals surface area (Å²) >= 11 is 0. The van der Waals surface area contributed by atoms with Crippen LogP contribution in [0.15, 0.2) is 182 Å². The van der Waals surface area contributed by atoms with E-state index in [1.54, 1.807) is 9.80 Å². The van der Waals surface area contributed by atoms with Gasteiger partial charge in [-0.1, -0.05) is 195 Å². The number of carboxylic acids is 1. The van der Waals surface area contributed by atoms with Crippen LogP contribution in [-0.2, 0) is 36.8 Å². The minimum Gasteiger partial charge on any atom is -0.870 e. The molecule has 0 bridgehead atoms. The van der Waals surface area contributed by atoms with Crippen LogP contribution in [0.25, 0.3) is 0 Å². The first-order valence-corrected chi connectivity index (χ1v) is 26.5. The van der Waals surface area contributed by atoms with Crippen molar-refractivity contribution in [3.63, 3.8) is 0 Å². The van der Waals surface area contributed by atoms with Gasteiger partial charge in [-0.15, -0.1) is 0 Å². The third-order valence-corrected chi connectivity index (χ3v) is 15.8. The molecule has 76 heavy (non-hydrogen) atoms. The van der Waals surface area contributed by atoms with E-state index in [0.717, 1.165) is 73.9 Å². The second-order valence-corrected chi connectivity index (χ2v) is 20.3. The van der Waals surface area contributed by atoms with Crippen LogP contribution in [0.5, 0.6) is 0 Å². The van der Waals surface area contributed by atoms with Gasteiger partial charge in [0.05, 0.1) is 18.9 Å². The first-order chi connectivity index (χ1) is 35.8. The van der Waals surface area contributed by atoms with E-state index in [0.29, 0.717) is 38.0 Å². The number of likely N-dealkylation sites (tertiary alicyclic amines) is 4. The summed E-state index contributed by atoms with van der Waals surface area (Å²) in [6.07, 6.45) is 9.95. The van der Waals surface area contributed by atoms with Gasteiger partial charge in [-0.2, -0.15) is 0 Å². The summed E-state index contributed by atoms with van der Waals surface area (Å²) in [6, 6.07) is 59.9. The van der Waals surface area contributed by atoms with Crippen LogP contribution >= 0.6 is 0 Å². The van der Waals surface area contributed by atoms with E-state index in [9.17, 15) is 24.3 Å². The van der Waals surface area contributed by atoms with Gasteiger partial charge in [-0.3, -0.25) is 19.4 Å². The molecule has 2 unspecified atom stereocenters. The van der Waals surface area contributed by atoms with Crippen LogP contribution < -0.4 is 18.9 Å². The van der Waals surface area contributed by atoms with Crippen molar-refractivity contribution in [2.24, 2.45) is 0 Å². The second kappa shape index (κ2) is 28.7. The van der Waals surface area contributed by atoms with E-state index in [1.807, 2.05) is 127 Å². The Hall–Kier alpha value is -6.36. The van der Waals surface area contributed by atoms with Crippen LogP contribution in [0.3, 0.4) is 0 Å². The number of ether oxygens (including phenoxy) is 1. The number of hydrogen-bond acceptors (Lipinski definition) is 8. The number of piperidine rings is 2. The number of aliphatic carboxylic acids is 1. The zero-order valence-electron chi connectivity index (χ0n) is 44.1. The molecule has 2 amide bonds. The minimum absolute atomic E-state index is 0. The Morgan fingerprint density at radius 2 is 0.816 bits per heavy atom. The normalized spacial score (nSPS) is 21.5. The molecule has 4 heterocycles. The van der Waals surface area contributed by atoms with Gasteiger partial charge in [0.25, 0.3) is 0 Å². The molecule has 6 aromatic rings. The van der Waals surface area contributed by atoms with Crippen molar-refractivity contribution in [1.29, 1.82) is 0 Å². The summed E-state index contributed by atoms with van der Waals surface area (Å²) < 4.78 is 5.21. The quantitative estimate of drug-likeness (QED) is 0.101. The smallest absolute Gasteiger partial charge is 0.870 e. The van der Waals surface area contributed by atoms with Gasteiger partial charge in [0.15, 0.2) is 0 Å². The number of esters is 1. The standard InChI is InChI=1S/C32H36N2O3.C31H34N2O3.Li.2H2O/c1-37-32(36)29-22-28(33-20-12-11-19-27(33)21-24-13-5-2-6-14-24)23-34(29)31(35)30(25-15-7-3-8-16-25)26-17-9-4-10-18-26;34-30(29(24-14-6-2-7-15-24)25-16-8-3-9-17-25)33-22-27(21-28(33)31(35)36)32-19-11-10-18-26(32)20-23-12-4-1-5-13-23;;;/h2-10,13-18,27-30H,11-12,19-23H2,1H3;1-9,12-17,26-29H,10-11,18-22H2,(H,35,36);;2*1H2/q;;+1;;/p-1/t27?,28-,29-;26?,27-,28-;;;/m00.../s1. The monoisotopic (exact) mass is 1020 g/mol. The van der Waals surface area contributed by atoms with Crippen LogP contribution in [0, 0.1) is 0 Å².